The van der Waals surface area contributed by atoms with Gasteiger partial charge in [0.15, 0.2) is 5.96 Å². The number of hydrogen-bond acceptors (Lipinski definition) is 13. The first-order chi connectivity index (χ1) is 40.7. The van der Waals surface area contributed by atoms with Crippen molar-refractivity contribution in [2.75, 3.05) is 79.0 Å². The number of hydrogen-bond donors (Lipinski definition) is 9. The summed E-state index contributed by atoms with van der Waals surface area (Å²) in [6, 6.07) is 6.52. The molecule has 0 radical (unpaired) electrons. The Morgan fingerprint density at radius 3 is 1.95 bits per heavy atom. The zero-order valence-corrected chi connectivity index (χ0v) is 51.8. The molecular formula is C63H104N10O12. The van der Waals surface area contributed by atoms with Gasteiger partial charge in [0.05, 0.1) is 71.9 Å². The number of unbranched alkanes of at least 4 members (excludes halogenated alkanes) is 1. The van der Waals surface area contributed by atoms with E-state index < -0.39 is 79.2 Å². The van der Waals surface area contributed by atoms with E-state index in [0.717, 1.165) is 48.3 Å². The van der Waals surface area contributed by atoms with Gasteiger partial charge in [-0.05, 0) is 137 Å². The average Bonchev–Trinajstić information content (AvgIpc) is 1.78. The number of fused-ring (bicyclic) bond motifs is 5. The van der Waals surface area contributed by atoms with Crippen molar-refractivity contribution in [1.82, 2.24) is 31.9 Å². The number of aliphatic imine (C=N–C) groups is 1. The Hall–Kier alpha value is -5.84. The number of amides is 7. The molecule has 1 aromatic rings. The van der Waals surface area contributed by atoms with Gasteiger partial charge in [0.2, 0.25) is 35.4 Å². The van der Waals surface area contributed by atoms with Crippen LogP contribution in [0.25, 0.3) is 0 Å². The van der Waals surface area contributed by atoms with Gasteiger partial charge in [-0.15, -0.1) is 0 Å². The molecule has 1 aliphatic heterocycles. The topological polar surface area (TPSA) is 328 Å². The van der Waals surface area contributed by atoms with Crippen LogP contribution < -0.4 is 49.1 Å². The normalized spacial score (nSPS) is 27.4. The van der Waals surface area contributed by atoms with Crippen LogP contribution in [-0.2, 0) is 52.5 Å². The van der Waals surface area contributed by atoms with Crippen LogP contribution in [-0.4, -0.2) is 151 Å². The van der Waals surface area contributed by atoms with E-state index in [1.165, 1.54) is 63.4 Å². The highest BCUT2D eigenvalue weighted by atomic mass is 16.6. The molecule has 478 valence electrons. The van der Waals surface area contributed by atoms with Crippen molar-refractivity contribution in [2.24, 2.45) is 68.5 Å². The first kappa shape index (κ1) is 69.9. The van der Waals surface area contributed by atoms with E-state index in [0.29, 0.717) is 63.3 Å². The summed E-state index contributed by atoms with van der Waals surface area (Å²) in [6.07, 6.45) is 17.2. The van der Waals surface area contributed by atoms with Crippen LogP contribution in [0.1, 0.15) is 149 Å². The highest BCUT2D eigenvalue weighted by Crippen LogP contribution is 2.67. The molecule has 4 aliphatic carbocycles. The standard InChI is InChI=1S/C56H96N10O12.C7H8/c1-36(2)10-8-11-37(3)41-16-17-42-40-15-14-38-32-39(18-20-55(38,4)43(40)19-21-56(41,42)5)77-30-28-75-26-24-74-25-27-76-29-31-78-54(73)61-22-7-6-12-45-52(72)66-44(13-9-23-60-53(58)59)50(70)62-35-49(69)65-46(33-47(57)67)51(71)63-34-48(68)64-45;1-7-5-3-2-4-6-7/h14,36-37,39-46H,6-13,15-35H2,1-5H3,(H2,57,67)(H,61,73)(H,62,70)(H,63,71)(H,64,68)(H,65,69)(H,66,72)(H4,58,59,60);2-6H,1H3/t37?,39?,40?,41?,42?,43?,44-,45-,46-,55?,56?;/m0./s1. The number of alkyl carbamates (subject to hydrolysis) is 1. The largest absolute Gasteiger partial charge is 0.447 e. The molecule has 6 rings (SSSR count). The van der Waals surface area contributed by atoms with Crippen molar-refractivity contribution in [2.45, 2.75) is 175 Å². The summed E-state index contributed by atoms with van der Waals surface area (Å²) in [5.41, 5.74) is 19.9. The Labute approximate surface area is 504 Å². The lowest BCUT2D eigenvalue weighted by molar-refractivity contribution is -0.132. The quantitative estimate of drug-likeness (QED) is 0.0221. The second kappa shape index (κ2) is 36.3. The maximum atomic E-state index is 13.5. The van der Waals surface area contributed by atoms with Gasteiger partial charge in [0.1, 0.15) is 24.7 Å². The maximum Gasteiger partial charge on any atom is 0.407 e. The van der Waals surface area contributed by atoms with Crippen LogP contribution in [0.4, 0.5) is 4.79 Å². The number of nitrogens with one attached hydrogen (secondary N) is 6. The molecule has 3 saturated carbocycles. The molecule has 0 bridgehead atoms. The lowest BCUT2D eigenvalue weighted by Crippen LogP contribution is -2.55. The summed E-state index contributed by atoms with van der Waals surface area (Å²) >= 11 is 0. The highest BCUT2D eigenvalue weighted by Gasteiger charge is 2.59. The summed E-state index contributed by atoms with van der Waals surface area (Å²) in [4.78, 5) is 92.8. The molecule has 7 amide bonds. The molecule has 22 heteroatoms. The number of carbonyl (C=O) groups is 7. The molecule has 12 N–H and O–H groups in total. The van der Waals surface area contributed by atoms with Crippen LogP contribution in [0.3, 0.4) is 0 Å². The Bertz CT molecular complexity index is 2340. The highest BCUT2D eigenvalue weighted by molar-refractivity contribution is 5.97. The molecule has 4 fully saturated rings. The molecule has 85 heavy (non-hydrogen) atoms. The Morgan fingerprint density at radius 2 is 1.32 bits per heavy atom. The number of primary amides is 1. The van der Waals surface area contributed by atoms with Crippen LogP contribution in [0.5, 0.6) is 0 Å². The molecule has 0 spiro atoms. The number of nitrogens with two attached hydrogens (primary N) is 3. The van der Waals surface area contributed by atoms with Gasteiger partial charge in [-0.2, -0.15) is 0 Å². The molecule has 1 saturated heterocycles. The Kier molecular flexibility index (Phi) is 29.9. The van der Waals surface area contributed by atoms with E-state index in [-0.39, 0.29) is 57.6 Å². The van der Waals surface area contributed by atoms with Crippen molar-refractivity contribution in [3.05, 3.63) is 47.5 Å². The third-order valence-electron chi connectivity index (χ3n) is 18.3. The lowest BCUT2D eigenvalue weighted by Gasteiger charge is -2.58. The summed E-state index contributed by atoms with van der Waals surface area (Å²) < 4.78 is 28.6. The van der Waals surface area contributed by atoms with E-state index >= 15 is 0 Å². The van der Waals surface area contributed by atoms with Gasteiger partial charge < -0.3 is 72.8 Å². The monoisotopic (exact) mass is 1190 g/mol. The molecule has 5 aliphatic rings. The number of rotatable bonds is 29. The van der Waals surface area contributed by atoms with Crippen molar-refractivity contribution < 1.29 is 57.2 Å². The maximum absolute atomic E-state index is 13.5. The predicted molar refractivity (Wildman–Crippen MR) is 325 cm³/mol. The van der Waals surface area contributed by atoms with Gasteiger partial charge in [0.25, 0.3) is 0 Å². The predicted octanol–water partition coefficient (Wildman–Crippen LogP) is 4.98. The number of ether oxygens (including phenoxy) is 5. The molecule has 1 heterocycles. The van der Waals surface area contributed by atoms with Crippen molar-refractivity contribution in [1.29, 1.82) is 0 Å². The fourth-order valence-corrected chi connectivity index (χ4v) is 13.8. The van der Waals surface area contributed by atoms with Crippen LogP contribution in [0.2, 0.25) is 0 Å². The zero-order valence-electron chi connectivity index (χ0n) is 51.8. The summed E-state index contributed by atoms with van der Waals surface area (Å²) in [6.45, 7) is 16.6. The second-order valence-corrected chi connectivity index (χ2v) is 24.9. The smallest absolute Gasteiger partial charge is 0.407 e. The minimum atomic E-state index is -1.42. The van der Waals surface area contributed by atoms with E-state index in [4.69, 9.17) is 40.9 Å². The minimum Gasteiger partial charge on any atom is -0.447 e. The lowest BCUT2D eigenvalue weighted by atomic mass is 9.47. The van der Waals surface area contributed by atoms with Crippen LogP contribution >= 0.6 is 0 Å². The van der Waals surface area contributed by atoms with E-state index in [1.807, 2.05) is 18.2 Å². The van der Waals surface area contributed by atoms with Crippen LogP contribution in [0.15, 0.2) is 47.0 Å². The number of benzene rings is 1. The molecule has 22 nitrogen and oxygen atoms in total. The van der Waals surface area contributed by atoms with E-state index in [1.54, 1.807) is 5.57 Å². The molecule has 8 unspecified atom stereocenters. The van der Waals surface area contributed by atoms with Gasteiger partial charge in [-0.1, -0.05) is 101 Å². The van der Waals surface area contributed by atoms with Gasteiger partial charge in [-0.25, -0.2) is 4.79 Å². The van der Waals surface area contributed by atoms with Crippen molar-refractivity contribution in [3.8, 4) is 0 Å². The second-order valence-electron chi connectivity index (χ2n) is 24.9. The van der Waals surface area contributed by atoms with E-state index in [2.05, 4.69) is 96.6 Å². The summed E-state index contributed by atoms with van der Waals surface area (Å²) in [5, 5.41) is 14.9. The molecule has 0 aromatic heterocycles. The van der Waals surface area contributed by atoms with Crippen LogP contribution in [0, 0.1) is 53.3 Å². The zero-order chi connectivity index (χ0) is 61.8. The van der Waals surface area contributed by atoms with Gasteiger partial charge in [-0.3, -0.25) is 33.8 Å². The summed E-state index contributed by atoms with van der Waals surface area (Å²) in [7, 11) is 0. The summed E-state index contributed by atoms with van der Waals surface area (Å²) in [5.74, 6) is 0.111. The SMILES string of the molecule is CC(C)CCCC(C)C1CCC2C3CC=C4CC(OCCOCCOCCOCCOC(=O)NCCCC[C@@H]5NC(=O)CNC(=O)[C@H](CC(N)=O)NC(=O)CNC(=O)[C@H](CCCN=C(N)N)NC5=O)CCC4(C)C3CCC12C.Cc1ccccc1. The number of carbonyl (C=O) groups excluding carboxylic acids is 7. The third kappa shape index (κ3) is 23.4. The van der Waals surface area contributed by atoms with Crippen molar-refractivity contribution >= 4 is 47.5 Å². The fourth-order valence-electron chi connectivity index (χ4n) is 13.8. The molecule has 11 atom stereocenters. The van der Waals surface area contributed by atoms with E-state index in [9.17, 15) is 33.6 Å². The third-order valence-corrected chi connectivity index (χ3v) is 18.3. The molecule has 1 aromatic carbocycles. The fraction of sp³-hybridized carbons (Fsp3) is 0.746. The Morgan fingerprint density at radius 1 is 0.694 bits per heavy atom. The number of nitrogens with zero attached hydrogens (tertiary/aromatic N) is 1. The molecular weight excluding hydrogens is 1090 g/mol. The number of guanidine groups is 1. The first-order valence-electron chi connectivity index (χ1n) is 31.4. The number of allylic oxidation sites excluding steroid dienone is 1. The minimum absolute atomic E-state index is 0.0190. The average molecular weight is 1190 g/mol. The number of aryl methyl sites for hydroxylation is 1. The van der Waals surface area contributed by atoms with Gasteiger partial charge >= 0.3 is 6.09 Å². The van der Waals surface area contributed by atoms with Gasteiger partial charge in [0, 0.05) is 13.1 Å². The van der Waals surface area contributed by atoms with Crippen molar-refractivity contribution in [3.63, 3.8) is 0 Å². The Balaban J connectivity index is 0.00000175. The first-order valence-corrected chi connectivity index (χ1v) is 31.4.